The summed E-state index contributed by atoms with van der Waals surface area (Å²) in [5.41, 5.74) is 6.43. The Hall–Kier alpha value is -0.0800. The van der Waals surface area contributed by atoms with Crippen LogP contribution in [0.1, 0.15) is 52.9 Å². The van der Waals surface area contributed by atoms with E-state index in [-0.39, 0.29) is 0 Å². The molecule has 0 aliphatic heterocycles. The zero-order valence-corrected chi connectivity index (χ0v) is 9.97. The Morgan fingerprint density at radius 3 is 2.36 bits per heavy atom. The van der Waals surface area contributed by atoms with Crippen molar-refractivity contribution in [3.8, 4) is 0 Å². The molecule has 1 saturated carbocycles. The largest absolute Gasteiger partial charge is 0.327 e. The van der Waals surface area contributed by atoms with Gasteiger partial charge in [-0.05, 0) is 24.7 Å². The van der Waals surface area contributed by atoms with Crippen molar-refractivity contribution in [2.24, 2.45) is 11.1 Å². The van der Waals surface area contributed by atoms with E-state index in [0.29, 0.717) is 11.5 Å². The second kappa shape index (κ2) is 5.13. The fraction of sp³-hybridized carbons (Fsp3) is 1.00. The van der Waals surface area contributed by atoms with Gasteiger partial charge >= 0.3 is 0 Å². The van der Waals surface area contributed by atoms with E-state index in [9.17, 15) is 0 Å². The molecular formula is C12H26N2. The molecule has 1 aliphatic rings. The normalized spacial score (nSPS) is 21.4. The summed E-state index contributed by atoms with van der Waals surface area (Å²) in [4.78, 5) is 0. The van der Waals surface area contributed by atoms with Gasteiger partial charge in [-0.25, -0.2) is 0 Å². The zero-order valence-electron chi connectivity index (χ0n) is 9.97. The Morgan fingerprint density at radius 1 is 1.29 bits per heavy atom. The predicted molar refractivity (Wildman–Crippen MR) is 62.3 cm³/mol. The van der Waals surface area contributed by atoms with Crippen LogP contribution in [0.4, 0.5) is 0 Å². The average Bonchev–Trinajstić information content (AvgIpc) is 2.49. The maximum Gasteiger partial charge on any atom is 0.0170 e. The maximum atomic E-state index is 6.08. The molecule has 1 aliphatic carbocycles. The Bertz CT molecular complexity index is 154. The lowest BCUT2D eigenvalue weighted by Gasteiger charge is -2.24. The molecule has 1 fully saturated rings. The van der Waals surface area contributed by atoms with Gasteiger partial charge in [-0.1, -0.05) is 33.6 Å². The van der Waals surface area contributed by atoms with Gasteiger partial charge in [0.15, 0.2) is 0 Å². The molecule has 1 atom stereocenters. The van der Waals surface area contributed by atoms with E-state index in [2.05, 4.69) is 26.1 Å². The Balaban J connectivity index is 2.11. The first-order chi connectivity index (χ1) is 6.47. The molecule has 0 spiro atoms. The van der Waals surface area contributed by atoms with E-state index in [1.54, 1.807) is 0 Å². The van der Waals surface area contributed by atoms with Gasteiger partial charge < -0.3 is 11.1 Å². The molecule has 0 bridgehead atoms. The number of hydrogen-bond acceptors (Lipinski definition) is 2. The van der Waals surface area contributed by atoms with Gasteiger partial charge in [-0.15, -0.1) is 0 Å². The van der Waals surface area contributed by atoms with E-state index in [0.717, 1.165) is 19.0 Å². The Morgan fingerprint density at radius 2 is 1.86 bits per heavy atom. The van der Waals surface area contributed by atoms with E-state index in [1.165, 1.54) is 25.7 Å². The van der Waals surface area contributed by atoms with Gasteiger partial charge in [0.2, 0.25) is 0 Å². The first kappa shape index (κ1) is 12.0. The third-order valence-corrected chi connectivity index (χ3v) is 2.90. The molecule has 14 heavy (non-hydrogen) atoms. The van der Waals surface area contributed by atoms with Crippen molar-refractivity contribution in [1.29, 1.82) is 0 Å². The summed E-state index contributed by atoms with van der Waals surface area (Å²) in [6.07, 6.45) is 6.59. The molecule has 0 aromatic rings. The quantitative estimate of drug-likeness (QED) is 0.727. The highest BCUT2D eigenvalue weighted by Gasteiger charge is 2.18. The Labute approximate surface area is 88.6 Å². The third kappa shape index (κ3) is 4.97. The fourth-order valence-electron chi connectivity index (χ4n) is 2.31. The standard InChI is InChI=1S/C12H26N2/c1-12(2,3)8-10(13)9-14-11-6-4-5-7-11/h10-11,14H,4-9,13H2,1-3H3. The number of nitrogens with two attached hydrogens (primary N) is 1. The minimum atomic E-state index is 0.315. The number of nitrogens with one attached hydrogen (secondary N) is 1. The maximum absolute atomic E-state index is 6.08. The minimum Gasteiger partial charge on any atom is -0.327 e. The summed E-state index contributed by atoms with van der Waals surface area (Å²) >= 11 is 0. The summed E-state index contributed by atoms with van der Waals surface area (Å²) in [7, 11) is 0. The van der Waals surface area contributed by atoms with Crippen LogP contribution >= 0.6 is 0 Å². The molecular weight excluding hydrogens is 172 g/mol. The van der Waals surface area contributed by atoms with Gasteiger partial charge in [-0.3, -0.25) is 0 Å². The van der Waals surface area contributed by atoms with Gasteiger partial charge in [0.25, 0.3) is 0 Å². The molecule has 2 heteroatoms. The van der Waals surface area contributed by atoms with Crippen molar-refractivity contribution in [3.05, 3.63) is 0 Å². The monoisotopic (exact) mass is 198 g/mol. The highest BCUT2D eigenvalue weighted by atomic mass is 14.9. The highest BCUT2D eigenvalue weighted by Crippen LogP contribution is 2.20. The lowest BCUT2D eigenvalue weighted by molar-refractivity contribution is 0.326. The van der Waals surface area contributed by atoms with E-state index in [4.69, 9.17) is 5.73 Å². The van der Waals surface area contributed by atoms with Gasteiger partial charge in [-0.2, -0.15) is 0 Å². The van der Waals surface area contributed by atoms with E-state index < -0.39 is 0 Å². The zero-order chi connectivity index (χ0) is 10.6. The topological polar surface area (TPSA) is 38.0 Å². The SMILES string of the molecule is CC(C)(C)CC(N)CNC1CCCC1. The molecule has 0 radical (unpaired) electrons. The van der Waals surface area contributed by atoms with Crippen LogP contribution in [-0.2, 0) is 0 Å². The molecule has 1 rings (SSSR count). The highest BCUT2D eigenvalue weighted by molar-refractivity contribution is 4.78. The van der Waals surface area contributed by atoms with Crippen LogP contribution in [0, 0.1) is 5.41 Å². The predicted octanol–water partition coefficient (Wildman–Crippen LogP) is 2.28. The Kier molecular flexibility index (Phi) is 4.39. The second-order valence-electron chi connectivity index (χ2n) is 5.91. The summed E-state index contributed by atoms with van der Waals surface area (Å²) in [5, 5.41) is 3.58. The van der Waals surface area contributed by atoms with E-state index in [1.807, 2.05) is 0 Å². The molecule has 0 amide bonds. The van der Waals surface area contributed by atoms with Gasteiger partial charge in [0.05, 0.1) is 0 Å². The molecule has 2 nitrogen and oxygen atoms in total. The van der Waals surface area contributed by atoms with Crippen LogP contribution in [-0.4, -0.2) is 18.6 Å². The van der Waals surface area contributed by atoms with Crippen LogP contribution in [0.5, 0.6) is 0 Å². The van der Waals surface area contributed by atoms with Crippen molar-refractivity contribution in [2.45, 2.75) is 65.0 Å². The molecule has 0 aromatic carbocycles. The van der Waals surface area contributed by atoms with Crippen molar-refractivity contribution < 1.29 is 0 Å². The molecule has 3 N–H and O–H groups in total. The summed E-state index contributed by atoms with van der Waals surface area (Å²) < 4.78 is 0. The first-order valence-corrected chi connectivity index (χ1v) is 5.96. The lowest BCUT2D eigenvalue weighted by Crippen LogP contribution is -2.40. The smallest absolute Gasteiger partial charge is 0.0170 e. The average molecular weight is 198 g/mol. The van der Waals surface area contributed by atoms with Crippen molar-refractivity contribution in [3.63, 3.8) is 0 Å². The third-order valence-electron chi connectivity index (χ3n) is 2.90. The van der Waals surface area contributed by atoms with Gasteiger partial charge in [0.1, 0.15) is 0 Å². The molecule has 1 unspecified atom stereocenters. The molecule has 84 valence electrons. The molecule has 0 saturated heterocycles. The first-order valence-electron chi connectivity index (χ1n) is 5.96. The van der Waals surface area contributed by atoms with Crippen molar-refractivity contribution >= 4 is 0 Å². The van der Waals surface area contributed by atoms with Crippen molar-refractivity contribution in [2.75, 3.05) is 6.54 Å². The second-order valence-corrected chi connectivity index (χ2v) is 5.91. The number of rotatable bonds is 4. The molecule has 0 heterocycles. The van der Waals surface area contributed by atoms with Crippen LogP contribution in [0.15, 0.2) is 0 Å². The van der Waals surface area contributed by atoms with Crippen LogP contribution < -0.4 is 11.1 Å². The summed E-state index contributed by atoms with van der Waals surface area (Å²) in [5.74, 6) is 0. The van der Waals surface area contributed by atoms with Crippen LogP contribution in [0.3, 0.4) is 0 Å². The van der Waals surface area contributed by atoms with Crippen molar-refractivity contribution in [1.82, 2.24) is 5.32 Å². The summed E-state index contributed by atoms with van der Waals surface area (Å²) in [6, 6.07) is 1.07. The minimum absolute atomic E-state index is 0.315. The lowest BCUT2D eigenvalue weighted by atomic mass is 9.88. The van der Waals surface area contributed by atoms with Crippen LogP contribution in [0.25, 0.3) is 0 Å². The summed E-state index contributed by atoms with van der Waals surface area (Å²) in [6.45, 7) is 7.75. The number of hydrogen-bond donors (Lipinski definition) is 2. The van der Waals surface area contributed by atoms with Crippen LogP contribution in [0.2, 0.25) is 0 Å². The van der Waals surface area contributed by atoms with Gasteiger partial charge in [0, 0.05) is 18.6 Å². The molecule has 0 aromatic heterocycles. The van der Waals surface area contributed by atoms with E-state index >= 15 is 0 Å². The fourth-order valence-corrected chi connectivity index (χ4v) is 2.31.